The van der Waals surface area contributed by atoms with Crippen LogP contribution in [0.25, 0.3) is 42.5 Å². The molecule has 2 heterocycles. The summed E-state index contributed by atoms with van der Waals surface area (Å²) in [7, 11) is 11.2. The quantitative estimate of drug-likeness (QED) is 0.148. The molecule has 2 aromatic heterocycles. The lowest BCUT2D eigenvalue weighted by molar-refractivity contribution is -0.254. The summed E-state index contributed by atoms with van der Waals surface area (Å²) in [5.74, 6) is -16.0. The summed E-state index contributed by atoms with van der Waals surface area (Å²) in [6, 6.07) is 24.2. The molecule has 1 aliphatic carbocycles. The summed E-state index contributed by atoms with van der Waals surface area (Å²) in [6.07, 6.45) is 0. The molecule has 0 amide bonds. The van der Waals surface area contributed by atoms with Gasteiger partial charge in [0.15, 0.2) is 0 Å². The molecule has 0 fully saturated rings. The maximum Gasteiger partial charge on any atom is 0.380 e. The summed E-state index contributed by atoms with van der Waals surface area (Å²) in [5.41, 5.74) is 1.03. The highest BCUT2D eigenvalue weighted by Crippen LogP contribution is 2.66. The molecular weight excluding hydrogens is 677 g/mol. The van der Waals surface area contributed by atoms with Crippen LogP contribution in [0.5, 0.6) is 0 Å². The number of hydrogen-bond donors (Lipinski definition) is 0. The minimum absolute atomic E-state index is 0.199. The third kappa shape index (κ3) is 5.70. The fraction of sp³-hybridized carbons (Fsp3) is 0.263. The molecule has 0 aliphatic heterocycles. The number of benzene rings is 3. The van der Waals surface area contributed by atoms with E-state index in [0.29, 0.717) is 26.4 Å². The molecule has 0 saturated carbocycles. The van der Waals surface area contributed by atoms with E-state index in [4.69, 9.17) is 0 Å². The molecule has 1 aliphatic rings. The summed E-state index contributed by atoms with van der Waals surface area (Å²) >= 11 is 2.20. The maximum absolute atomic E-state index is 16.2. The molecular formula is C38H35F6N3S2. The predicted molar refractivity (Wildman–Crippen MR) is 194 cm³/mol. The Morgan fingerprint density at radius 2 is 0.816 bits per heavy atom. The number of nitrogens with zero attached hydrogens (tertiary/aromatic N) is 3. The van der Waals surface area contributed by atoms with Gasteiger partial charge in [-0.3, -0.25) is 0 Å². The van der Waals surface area contributed by atoms with Crippen LogP contribution in [0.15, 0.2) is 84.9 Å². The highest BCUT2D eigenvalue weighted by molar-refractivity contribution is 7.19. The van der Waals surface area contributed by atoms with Crippen molar-refractivity contribution >= 4 is 50.9 Å². The second-order valence-electron chi connectivity index (χ2n) is 12.7. The van der Waals surface area contributed by atoms with Crippen LogP contribution in [0, 0.1) is 6.92 Å². The Bertz CT molecular complexity index is 2020. The first-order chi connectivity index (χ1) is 23.0. The van der Waals surface area contributed by atoms with Crippen LogP contribution in [-0.2, 0) is 0 Å². The van der Waals surface area contributed by atoms with Crippen molar-refractivity contribution in [2.75, 3.05) is 57.0 Å². The van der Waals surface area contributed by atoms with Gasteiger partial charge in [0, 0.05) is 95.6 Å². The van der Waals surface area contributed by atoms with E-state index in [9.17, 15) is 0 Å². The third-order valence-corrected chi connectivity index (χ3v) is 11.2. The fourth-order valence-corrected chi connectivity index (χ4v) is 8.20. The van der Waals surface area contributed by atoms with Gasteiger partial charge in [-0.05, 0) is 77.7 Å². The molecule has 0 radical (unpaired) electrons. The SMILES string of the molecule is Cc1sc(-c2ccc(N(C)C)cc2)cc1C1=C(c2cc(-c3ccc(N(C)C)cc3)sc2-c2ccc(N(C)C)cc2)C(F)(F)C(F)(F)C1(F)F. The number of alkyl halides is 6. The van der Waals surface area contributed by atoms with E-state index in [1.54, 1.807) is 48.5 Å². The predicted octanol–water partition coefficient (Wildman–Crippen LogP) is 11.1. The maximum atomic E-state index is 16.2. The molecule has 3 aromatic carbocycles. The topological polar surface area (TPSA) is 9.72 Å². The second-order valence-corrected chi connectivity index (χ2v) is 15.0. The van der Waals surface area contributed by atoms with Gasteiger partial charge in [-0.25, -0.2) is 0 Å². The lowest BCUT2D eigenvalue weighted by atomic mass is 9.93. The minimum atomic E-state index is -5.67. The summed E-state index contributed by atoms with van der Waals surface area (Å²) in [4.78, 5) is 7.07. The van der Waals surface area contributed by atoms with Gasteiger partial charge in [0.2, 0.25) is 0 Å². The van der Waals surface area contributed by atoms with Crippen molar-refractivity contribution in [3.8, 4) is 31.3 Å². The smallest absolute Gasteiger partial charge is 0.378 e. The van der Waals surface area contributed by atoms with E-state index in [1.807, 2.05) is 81.3 Å². The molecule has 5 aromatic rings. The highest BCUT2D eigenvalue weighted by Gasteiger charge is 2.80. The number of allylic oxidation sites excluding steroid dienone is 2. The third-order valence-electron chi connectivity index (χ3n) is 8.84. The van der Waals surface area contributed by atoms with Crippen LogP contribution in [0.4, 0.5) is 43.4 Å². The van der Waals surface area contributed by atoms with E-state index in [1.165, 1.54) is 19.1 Å². The number of halogens is 6. The van der Waals surface area contributed by atoms with Gasteiger partial charge in [0.25, 0.3) is 0 Å². The first kappa shape index (κ1) is 34.6. The summed E-state index contributed by atoms with van der Waals surface area (Å²) in [5, 5.41) is 0. The van der Waals surface area contributed by atoms with E-state index >= 15 is 26.3 Å². The lowest BCUT2D eigenvalue weighted by Crippen LogP contribution is -2.48. The number of hydrogen-bond acceptors (Lipinski definition) is 5. The molecule has 0 atom stereocenters. The fourth-order valence-electron chi connectivity index (χ4n) is 6.00. The van der Waals surface area contributed by atoms with Gasteiger partial charge in [-0.15, -0.1) is 22.7 Å². The Morgan fingerprint density at radius 3 is 1.22 bits per heavy atom. The van der Waals surface area contributed by atoms with Crippen LogP contribution >= 0.6 is 22.7 Å². The van der Waals surface area contributed by atoms with Gasteiger partial charge in [-0.2, -0.15) is 26.3 Å². The molecule has 256 valence electrons. The monoisotopic (exact) mass is 711 g/mol. The van der Waals surface area contributed by atoms with Crippen molar-refractivity contribution in [3.05, 3.63) is 101 Å². The zero-order valence-electron chi connectivity index (χ0n) is 28.0. The average Bonchev–Trinajstić information content (AvgIpc) is 3.69. The van der Waals surface area contributed by atoms with Crippen molar-refractivity contribution in [2.24, 2.45) is 0 Å². The molecule has 0 bridgehead atoms. The Kier molecular flexibility index (Phi) is 8.68. The standard InChI is InChI=1S/C38H35F6N3S2/c1-22-29(20-31(48-22)23-8-14-26(15-9-23)45(2)3)33-34(37(41,42)38(43,44)36(33,39)40)30-21-32(24-10-16-27(17-11-24)46(4)5)49-35(30)25-12-18-28(19-13-25)47(6)7/h8-21H,1-7H3. The minimum Gasteiger partial charge on any atom is -0.378 e. The van der Waals surface area contributed by atoms with Gasteiger partial charge in [0.1, 0.15) is 0 Å². The first-order valence-electron chi connectivity index (χ1n) is 15.4. The zero-order chi connectivity index (χ0) is 35.6. The lowest BCUT2D eigenvalue weighted by Gasteiger charge is -2.25. The molecule has 0 saturated heterocycles. The highest BCUT2D eigenvalue weighted by atomic mass is 32.1. The molecule has 0 unspecified atom stereocenters. The van der Waals surface area contributed by atoms with Crippen molar-refractivity contribution in [1.82, 2.24) is 0 Å². The van der Waals surface area contributed by atoms with Gasteiger partial charge in [-0.1, -0.05) is 36.4 Å². The number of anilines is 3. The van der Waals surface area contributed by atoms with Crippen molar-refractivity contribution < 1.29 is 26.3 Å². The van der Waals surface area contributed by atoms with E-state index in [-0.39, 0.29) is 20.9 Å². The average molecular weight is 712 g/mol. The van der Waals surface area contributed by atoms with Crippen LogP contribution in [0.3, 0.4) is 0 Å². The Hall–Kier alpha value is -4.22. The number of thiophene rings is 2. The molecule has 3 nitrogen and oxygen atoms in total. The van der Waals surface area contributed by atoms with Crippen LogP contribution in [0.2, 0.25) is 0 Å². The molecule has 11 heteroatoms. The summed E-state index contributed by atoms with van der Waals surface area (Å²) in [6.45, 7) is 1.50. The summed E-state index contributed by atoms with van der Waals surface area (Å²) < 4.78 is 95.6. The van der Waals surface area contributed by atoms with Gasteiger partial charge in [0.05, 0.1) is 0 Å². The molecule has 0 spiro atoms. The molecule has 49 heavy (non-hydrogen) atoms. The van der Waals surface area contributed by atoms with Crippen LogP contribution in [-0.4, -0.2) is 60.1 Å². The van der Waals surface area contributed by atoms with Gasteiger partial charge >= 0.3 is 17.8 Å². The van der Waals surface area contributed by atoms with Gasteiger partial charge < -0.3 is 14.7 Å². The Morgan fingerprint density at radius 1 is 0.469 bits per heavy atom. The second kappa shape index (κ2) is 12.3. The van der Waals surface area contributed by atoms with E-state index in [2.05, 4.69) is 0 Å². The van der Waals surface area contributed by atoms with Crippen LogP contribution in [0.1, 0.15) is 16.0 Å². The Labute approximate surface area is 290 Å². The Balaban J connectivity index is 1.62. The molecule has 6 rings (SSSR count). The number of rotatable bonds is 8. The normalized spacial score (nSPS) is 16.3. The molecule has 0 N–H and O–H groups in total. The van der Waals surface area contributed by atoms with Crippen molar-refractivity contribution in [3.63, 3.8) is 0 Å². The largest absolute Gasteiger partial charge is 0.380 e. The zero-order valence-corrected chi connectivity index (χ0v) is 29.6. The van der Waals surface area contributed by atoms with Crippen molar-refractivity contribution in [1.29, 1.82) is 0 Å². The van der Waals surface area contributed by atoms with E-state index < -0.39 is 28.9 Å². The van der Waals surface area contributed by atoms with Crippen LogP contribution < -0.4 is 14.7 Å². The van der Waals surface area contributed by atoms with Crippen molar-refractivity contribution in [2.45, 2.75) is 24.7 Å². The first-order valence-corrected chi connectivity index (χ1v) is 17.1. The number of aryl methyl sites for hydroxylation is 1. The van der Waals surface area contributed by atoms with E-state index in [0.717, 1.165) is 39.7 Å².